The van der Waals surface area contributed by atoms with Crippen molar-refractivity contribution >= 4 is 0 Å². The summed E-state index contributed by atoms with van der Waals surface area (Å²) in [4.78, 5) is 0. The zero-order chi connectivity index (χ0) is 13.7. The molecule has 3 fully saturated rings. The summed E-state index contributed by atoms with van der Waals surface area (Å²) in [5.41, 5.74) is 4.38. The van der Waals surface area contributed by atoms with Crippen molar-refractivity contribution in [2.75, 3.05) is 7.11 Å². The van der Waals surface area contributed by atoms with Crippen molar-refractivity contribution in [3.63, 3.8) is 0 Å². The zero-order valence-electron chi connectivity index (χ0n) is 12.1. The molecule has 1 aromatic carbocycles. The van der Waals surface area contributed by atoms with E-state index in [1.165, 1.54) is 24.8 Å². The Morgan fingerprint density at radius 3 is 2.60 bits per heavy atom. The van der Waals surface area contributed by atoms with Crippen LogP contribution in [0, 0.1) is 29.6 Å². The monoisotopic (exact) mass is 272 g/mol. The Hall–Kier alpha value is -1.06. The van der Waals surface area contributed by atoms with Gasteiger partial charge >= 0.3 is 0 Å². The minimum absolute atomic E-state index is 0.407. The van der Waals surface area contributed by atoms with E-state index in [0.717, 1.165) is 41.8 Å². The van der Waals surface area contributed by atoms with Gasteiger partial charge in [0.1, 0.15) is 5.75 Å². The van der Waals surface area contributed by atoms with E-state index >= 15 is 0 Å². The summed E-state index contributed by atoms with van der Waals surface area (Å²) in [5, 5.41) is 0. The molecule has 108 valence electrons. The summed E-state index contributed by atoms with van der Waals surface area (Å²) in [6, 6.07) is 8.73. The molecule has 0 aromatic heterocycles. The van der Waals surface area contributed by atoms with Gasteiger partial charge in [0, 0.05) is 6.04 Å². The number of benzene rings is 1. The standard InChI is InChI=1S/C17H24N2O/c1-20-14-5-3-2-4-10(14)9-13(19-18)17-15-11-6-7-12(8-11)16(15)17/h2-5,11-13,15-17,19H,6-9,18H2,1H3. The van der Waals surface area contributed by atoms with Crippen molar-refractivity contribution in [1.82, 2.24) is 5.43 Å². The SMILES string of the molecule is COc1ccccc1CC(NN)C1C2C3CCC(C3)C21. The van der Waals surface area contributed by atoms with E-state index in [9.17, 15) is 0 Å². The lowest BCUT2D eigenvalue weighted by Crippen LogP contribution is -2.40. The highest BCUT2D eigenvalue weighted by molar-refractivity contribution is 5.34. The van der Waals surface area contributed by atoms with Crippen LogP contribution in [0.1, 0.15) is 24.8 Å². The molecule has 0 amide bonds. The fraction of sp³-hybridized carbons (Fsp3) is 0.647. The molecule has 0 spiro atoms. The van der Waals surface area contributed by atoms with Gasteiger partial charge in [-0.1, -0.05) is 18.2 Å². The summed E-state index contributed by atoms with van der Waals surface area (Å²) in [6.07, 6.45) is 5.41. The Labute approximate surface area is 120 Å². The van der Waals surface area contributed by atoms with Crippen molar-refractivity contribution in [1.29, 1.82) is 0 Å². The highest BCUT2D eigenvalue weighted by Gasteiger charge is 2.66. The smallest absolute Gasteiger partial charge is 0.122 e. The molecule has 2 bridgehead atoms. The molecule has 3 saturated carbocycles. The van der Waals surface area contributed by atoms with Gasteiger partial charge in [0.2, 0.25) is 0 Å². The van der Waals surface area contributed by atoms with Crippen LogP contribution in [0.2, 0.25) is 0 Å². The van der Waals surface area contributed by atoms with E-state index in [4.69, 9.17) is 10.6 Å². The molecule has 5 atom stereocenters. The van der Waals surface area contributed by atoms with Gasteiger partial charge in [-0.3, -0.25) is 11.3 Å². The van der Waals surface area contributed by atoms with E-state index in [0.29, 0.717) is 6.04 Å². The number of rotatable bonds is 5. The van der Waals surface area contributed by atoms with Crippen molar-refractivity contribution in [2.45, 2.75) is 31.7 Å². The molecule has 1 aromatic rings. The van der Waals surface area contributed by atoms with Gasteiger partial charge in [-0.2, -0.15) is 0 Å². The molecular formula is C17H24N2O. The maximum Gasteiger partial charge on any atom is 0.122 e. The first-order valence-electron chi connectivity index (χ1n) is 7.91. The Morgan fingerprint density at radius 2 is 1.95 bits per heavy atom. The molecule has 0 saturated heterocycles. The van der Waals surface area contributed by atoms with Crippen molar-refractivity contribution in [3.8, 4) is 5.75 Å². The van der Waals surface area contributed by atoms with Crippen LogP contribution in [-0.4, -0.2) is 13.2 Å². The lowest BCUT2D eigenvalue weighted by Gasteiger charge is -2.20. The van der Waals surface area contributed by atoms with Gasteiger partial charge in [-0.15, -0.1) is 0 Å². The van der Waals surface area contributed by atoms with Crippen LogP contribution in [0.4, 0.5) is 0 Å². The van der Waals surface area contributed by atoms with E-state index in [2.05, 4.69) is 17.6 Å². The van der Waals surface area contributed by atoms with Crippen LogP contribution in [0.3, 0.4) is 0 Å². The molecule has 5 unspecified atom stereocenters. The number of hydrazine groups is 1. The summed E-state index contributed by atoms with van der Waals surface area (Å²) in [7, 11) is 1.75. The molecule has 3 heteroatoms. The molecule has 0 radical (unpaired) electrons. The van der Waals surface area contributed by atoms with Crippen LogP contribution in [0.5, 0.6) is 5.75 Å². The van der Waals surface area contributed by atoms with E-state index in [-0.39, 0.29) is 0 Å². The zero-order valence-corrected chi connectivity index (χ0v) is 12.1. The summed E-state index contributed by atoms with van der Waals surface area (Å²) < 4.78 is 5.47. The molecule has 20 heavy (non-hydrogen) atoms. The molecule has 3 aliphatic carbocycles. The minimum atomic E-state index is 0.407. The third-order valence-corrected chi connectivity index (χ3v) is 6.11. The maximum atomic E-state index is 5.88. The number of fused-ring (bicyclic) bond motifs is 5. The largest absolute Gasteiger partial charge is 0.496 e. The van der Waals surface area contributed by atoms with Crippen LogP contribution in [-0.2, 0) is 6.42 Å². The predicted molar refractivity (Wildman–Crippen MR) is 79.1 cm³/mol. The Morgan fingerprint density at radius 1 is 1.25 bits per heavy atom. The fourth-order valence-electron chi connectivity index (χ4n) is 5.35. The van der Waals surface area contributed by atoms with Gasteiger partial charge in [-0.05, 0) is 66.9 Å². The molecule has 3 nitrogen and oxygen atoms in total. The lowest BCUT2D eigenvalue weighted by molar-refractivity contribution is 0.357. The van der Waals surface area contributed by atoms with Gasteiger partial charge in [0.05, 0.1) is 7.11 Å². The van der Waals surface area contributed by atoms with Crippen molar-refractivity contribution < 1.29 is 4.74 Å². The molecule has 0 heterocycles. The van der Waals surface area contributed by atoms with E-state index in [1.807, 2.05) is 12.1 Å². The molecule has 4 rings (SSSR count). The van der Waals surface area contributed by atoms with Crippen molar-refractivity contribution in [3.05, 3.63) is 29.8 Å². The van der Waals surface area contributed by atoms with E-state index in [1.54, 1.807) is 7.11 Å². The number of nitrogens with two attached hydrogens (primary N) is 1. The first-order valence-corrected chi connectivity index (χ1v) is 7.91. The number of nitrogens with one attached hydrogen (secondary N) is 1. The predicted octanol–water partition coefficient (Wildman–Crippen LogP) is 2.36. The van der Waals surface area contributed by atoms with Crippen molar-refractivity contribution in [2.24, 2.45) is 35.4 Å². The number of methoxy groups -OCH3 is 1. The number of hydrogen-bond donors (Lipinski definition) is 2. The molecule has 3 N–H and O–H groups in total. The summed E-state index contributed by atoms with van der Waals surface area (Å²) >= 11 is 0. The fourth-order valence-corrected chi connectivity index (χ4v) is 5.35. The second-order valence-corrected chi connectivity index (χ2v) is 6.85. The quantitative estimate of drug-likeness (QED) is 0.639. The van der Waals surface area contributed by atoms with Crippen LogP contribution < -0.4 is 16.0 Å². The highest BCUT2D eigenvalue weighted by Crippen LogP contribution is 2.70. The Balaban J connectivity index is 1.50. The second kappa shape index (κ2) is 4.74. The molecular weight excluding hydrogens is 248 g/mol. The first-order chi connectivity index (χ1) is 9.83. The van der Waals surface area contributed by atoms with Gasteiger partial charge in [-0.25, -0.2) is 0 Å². The third kappa shape index (κ3) is 1.80. The molecule has 0 aliphatic heterocycles. The number of para-hydroxylation sites is 1. The average molecular weight is 272 g/mol. The minimum Gasteiger partial charge on any atom is -0.496 e. The Kier molecular flexibility index (Phi) is 3.00. The van der Waals surface area contributed by atoms with Crippen LogP contribution in [0.15, 0.2) is 24.3 Å². The molecule has 3 aliphatic rings. The van der Waals surface area contributed by atoms with Gasteiger partial charge < -0.3 is 4.74 Å². The topological polar surface area (TPSA) is 47.3 Å². The Bertz CT molecular complexity index is 488. The number of hydrogen-bond acceptors (Lipinski definition) is 3. The third-order valence-electron chi connectivity index (χ3n) is 6.11. The number of ether oxygens (including phenoxy) is 1. The maximum absolute atomic E-state index is 5.88. The lowest BCUT2D eigenvalue weighted by atomic mass is 9.93. The second-order valence-electron chi connectivity index (χ2n) is 6.85. The summed E-state index contributed by atoms with van der Waals surface area (Å²) in [5.74, 6) is 11.6. The van der Waals surface area contributed by atoms with Gasteiger partial charge in [0.25, 0.3) is 0 Å². The average Bonchev–Trinajstić information content (AvgIpc) is 2.91. The van der Waals surface area contributed by atoms with Crippen LogP contribution >= 0.6 is 0 Å². The highest BCUT2D eigenvalue weighted by atomic mass is 16.5. The summed E-state index contributed by atoms with van der Waals surface area (Å²) in [6.45, 7) is 0. The normalized spacial score (nSPS) is 38.6. The van der Waals surface area contributed by atoms with Crippen LogP contribution in [0.25, 0.3) is 0 Å². The first kappa shape index (κ1) is 12.7. The van der Waals surface area contributed by atoms with Gasteiger partial charge in [0.15, 0.2) is 0 Å². The van der Waals surface area contributed by atoms with E-state index < -0.39 is 0 Å².